The molecular weight excluding hydrogens is 665 g/mol. The fraction of sp³-hybridized carbons (Fsp3) is 0.361. The summed E-state index contributed by atoms with van der Waals surface area (Å²) in [5.41, 5.74) is 0.443. The molecule has 0 radical (unpaired) electrons. The number of carbonyl (C=O) groups is 2. The number of ether oxygens (including phenoxy) is 3. The minimum atomic E-state index is -3.19. The third-order valence-electron chi connectivity index (χ3n) is 9.02. The van der Waals surface area contributed by atoms with Crippen LogP contribution in [0.3, 0.4) is 0 Å². The number of anilines is 2. The SMILES string of the molecule is COc1cc2c(Oc3ccc(NC(=O)C4(C(=O)Nc5ccc(F)cc5)CC4)cc3)ccnc2cc1OCC1CCN(CCNS(C)(=O)=O)CC1. The van der Waals surface area contributed by atoms with Gasteiger partial charge in [-0.2, -0.15) is 0 Å². The quantitative estimate of drug-likeness (QED) is 0.151. The van der Waals surface area contributed by atoms with Gasteiger partial charge >= 0.3 is 0 Å². The molecule has 1 saturated heterocycles. The summed E-state index contributed by atoms with van der Waals surface area (Å²) in [4.78, 5) is 32.8. The second-order valence-corrected chi connectivity index (χ2v) is 14.5. The molecule has 50 heavy (non-hydrogen) atoms. The largest absolute Gasteiger partial charge is 0.493 e. The van der Waals surface area contributed by atoms with Crippen molar-refractivity contribution >= 4 is 44.1 Å². The van der Waals surface area contributed by atoms with Gasteiger partial charge in [-0.05, 0) is 105 Å². The molecule has 1 aliphatic heterocycles. The zero-order valence-corrected chi connectivity index (χ0v) is 28.7. The number of piperidine rings is 1. The molecule has 0 bridgehead atoms. The van der Waals surface area contributed by atoms with Crippen molar-refractivity contribution in [1.29, 1.82) is 0 Å². The van der Waals surface area contributed by atoms with Crippen LogP contribution in [0.25, 0.3) is 10.9 Å². The summed E-state index contributed by atoms with van der Waals surface area (Å²) in [6, 6.07) is 17.7. The van der Waals surface area contributed by atoms with Gasteiger partial charge < -0.3 is 29.7 Å². The fourth-order valence-electron chi connectivity index (χ4n) is 5.91. The number of hydrogen-bond donors (Lipinski definition) is 3. The van der Waals surface area contributed by atoms with Crippen LogP contribution < -0.4 is 29.6 Å². The summed E-state index contributed by atoms with van der Waals surface area (Å²) in [6.45, 7) is 3.36. The van der Waals surface area contributed by atoms with Crippen LogP contribution in [0.4, 0.5) is 15.8 Å². The van der Waals surface area contributed by atoms with Crippen LogP contribution in [0.1, 0.15) is 25.7 Å². The highest BCUT2D eigenvalue weighted by molar-refractivity contribution is 7.88. The van der Waals surface area contributed by atoms with E-state index in [1.807, 2.05) is 12.1 Å². The van der Waals surface area contributed by atoms with Gasteiger partial charge in [0.25, 0.3) is 0 Å². The van der Waals surface area contributed by atoms with Crippen LogP contribution in [0, 0.1) is 17.2 Å². The molecule has 1 aromatic heterocycles. The van der Waals surface area contributed by atoms with E-state index >= 15 is 0 Å². The molecule has 4 aromatic rings. The van der Waals surface area contributed by atoms with Gasteiger partial charge in [-0.25, -0.2) is 17.5 Å². The predicted octanol–water partition coefficient (Wildman–Crippen LogP) is 5.17. The second-order valence-electron chi connectivity index (χ2n) is 12.7. The van der Waals surface area contributed by atoms with Gasteiger partial charge in [0.1, 0.15) is 22.7 Å². The van der Waals surface area contributed by atoms with Crippen LogP contribution in [-0.2, 0) is 19.6 Å². The number of amides is 2. The molecular formula is C36H40FN5O7S. The van der Waals surface area contributed by atoms with E-state index in [-0.39, 0.29) is 0 Å². The molecule has 264 valence electrons. The number of fused-ring (bicyclic) bond motifs is 1. The van der Waals surface area contributed by atoms with Gasteiger partial charge in [0, 0.05) is 42.1 Å². The standard InChI is InChI=1S/C36H40FN5O7S/c1-47-32-21-29-30(22-33(32)48-23-24-12-18-42(19-13-24)20-17-39-50(2,45)46)38-16-11-31(29)49-28-9-7-27(8-10-28)41-35(44)36(14-15-36)34(43)40-26-5-3-25(37)4-6-26/h3-11,16,21-22,24,39H,12-15,17-20,23H2,1-2H3,(H,40,43)(H,41,44). The van der Waals surface area contributed by atoms with E-state index in [0.717, 1.165) is 31.3 Å². The molecule has 2 fully saturated rings. The van der Waals surface area contributed by atoms with E-state index < -0.39 is 33.1 Å². The topological polar surface area (TPSA) is 148 Å². The van der Waals surface area contributed by atoms with E-state index in [2.05, 4.69) is 25.2 Å². The molecule has 0 unspecified atom stereocenters. The van der Waals surface area contributed by atoms with Crippen LogP contribution >= 0.6 is 0 Å². The van der Waals surface area contributed by atoms with Gasteiger partial charge in [-0.15, -0.1) is 0 Å². The summed E-state index contributed by atoms with van der Waals surface area (Å²) in [5.74, 6) is 1.35. The third kappa shape index (κ3) is 8.67. The Labute approximate surface area is 290 Å². The number of rotatable bonds is 14. The first-order valence-electron chi connectivity index (χ1n) is 16.4. The molecule has 2 heterocycles. The predicted molar refractivity (Wildman–Crippen MR) is 188 cm³/mol. The molecule has 1 saturated carbocycles. The van der Waals surface area contributed by atoms with Gasteiger partial charge in [0.2, 0.25) is 21.8 Å². The van der Waals surface area contributed by atoms with E-state index in [9.17, 15) is 22.4 Å². The van der Waals surface area contributed by atoms with E-state index in [1.54, 1.807) is 43.6 Å². The molecule has 3 aromatic carbocycles. The Kier molecular flexibility index (Phi) is 10.5. The number of aromatic nitrogens is 1. The van der Waals surface area contributed by atoms with Crippen LogP contribution in [-0.4, -0.2) is 76.3 Å². The van der Waals surface area contributed by atoms with Crippen molar-refractivity contribution < 1.29 is 36.6 Å². The van der Waals surface area contributed by atoms with Crippen molar-refractivity contribution in [1.82, 2.24) is 14.6 Å². The number of pyridine rings is 1. The number of carbonyl (C=O) groups excluding carboxylic acids is 2. The first kappa shape index (κ1) is 35.1. The number of nitrogens with one attached hydrogen (secondary N) is 3. The number of sulfonamides is 1. The zero-order chi connectivity index (χ0) is 35.3. The Morgan fingerprint density at radius 1 is 0.920 bits per heavy atom. The molecule has 2 aliphatic rings. The van der Waals surface area contributed by atoms with E-state index in [0.29, 0.717) is 78.3 Å². The van der Waals surface area contributed by atoms with Gasteiger partial charge in [-0.3, -0.25) is 14.6 Å². The number of benzene rings is 3. The lowest BCUT2D eigenvalue weighted by molar-refractivity contribution is -0.131. The first-order valence-corrected chi connectivity index (χ1v) is 18.3. The Morgan fingerprint density at radius 2 is 1.56 bits per heavy atom. The van der Waals surface area contributed by atoms with Crippen LogP contribution in [0.2, 0.25) is 0 Å². The molecule has 6 rings (SSSR count). The van der Waals surface area contributed by atoms with Crippen molar-refractivity contribution in [2.45, 2.75) is 25.7 Å². The number of methoxy groups -OCH3 is 1. The zero-order valence-electron chi connectivity index (χ0n) is 27.9. The summed E-state index contributed by atoms with van der Waals surface area (Å²) in [5, 5.41) is 6.27. The normalized spacial score (nSPS) is 16.1. The Bertz CT molecular complexity index is 1950. The van der Waals surface area contributed by atoms with E-state index in [4.69, 9.17) is 14.2 Å². The minimum absolute atomic E-state index is 0.360. The van der Waals surface area contributed by atoms with Crippen molar-refractivity contribution in [3.63, 3.8) is 0 Å². The summed E-state index contributed by atoms with van der Waals surface area (Å²) in [7, 11) is -1.60. The highest BCUT2D eigenvalue weighted by atomic mass is 32.2. The molecule has 12 nitrogen and oxygen atoms in total. The Balaban J connectivity index is 1.04. The molecule has 0 spiro atoms. The number of likely N-dealkylation sites (tertiary alicyclic amines) is 1. The van der Waals surface area contributed by atoms with Crippen LogP contribution in [0.5, 0.6) is 23.0 Å². The maximum atomic E-state index is 13.2. The molecule has 1 aliphatic carbocycles. The molecule has 0 atom stereocenters. The molecule has 2 amide bonds. The Morgan fingerprint density at radius 3 is 2.16 bits per heavy atom. The van der Waals surface area contributed by atoms with Gasteiger partial charge in [0.15, 0.2) is 11.5 Å². The lowest BCUT2D eigenvalue weighted by atomic mass is 9.98. The summed E-state index contributed by atoms with van der Waals surface area (Å²) in [6.07, 6.45) is 5.56. The molecule has 14 heteroatoms. The van der Waals surface area contributed by atoms with Gasteiger partial charge in [-0.1, -0.05) is 0 Å². The number of halogens is 1. The van der Waals surface area contributed by atoms with Crippen molar-refractivity contribution in [2.24, 2.45) is 11.3 Å². The van der Waals surface area contributed by atoms with E-state index in [1.165, 1.54) is 30.5 Å². The third-order valence-corrected chi connectivity index (χ3v) is 9.75. The maximum Gasteiger partial charge on any atom is 0.240 e. The average molecular weight is 706 g/mol. The second kappa shape index (κ2) is 15.0. The van der Waals surface area contributed by atoms with Crippen LogP contribution in [0.15, 0.2) is 72.9 Å². The lowest BCUT2D eigenvalue weighted by Crippen LogP contribution is -2.40. The number of hydrogen-bond acceptors (Lipinski definition) is 9. The van der Waals surface area contributed by atoms with Crippen molar-refractivity contribution in [3.05, 3.63) is 78.7 Å². The maximum absolute atomic E-state index is 13.2. The monoisotopic (exact) mass is 705 g/mol. The van der Waals surface area contributed by atoms with Gasteiger partial charge in [0.05, 0.1) is 25.5 Å². The van der Waals surface area contributed by atoms with Crippen molar-refractivity contribution in [3.8, 4) is 23.0 Å². The average Bonchev–Trinajstić information content (AvgIpc) is 3.92. The minimum Gasteiger partial charge on any atom is -0.493 e. The summed E-state index contributed by atoms with van der Waals surface area (Å²) < 4.78 is 56.5. The highest BCUT2D eigenvalue weighted by Crippen LogP contribution is 2.47. The molecule has 3 N–H and O–H groups in total. The fourth-order valence-corrected chi connectivity index (χ4v) is 6.38. The first-order chi connectivity index (χ1) is 24.0. The summed E-state index contributed by atoms with van der Waals surface area (Å²) >= 11 is 0. The lowest BCUT2D eigenvalue weighted by Gasteiger charge is -2.31. The van der Waals surface area contributed by atoms with Crippen molar-refractivity contribution in [2.75, 3.05) is 56.8 Å². The number of nitrogens with zero attached hydrogens (tertiary/aromatic N) is 2. The Hall–Kier alpha value is -4.79. The highest BCUT2D eigenvalue weighted by Gasteiger charge is 2.56. The smallest absolute Gasteiger partial charge is 0.240 e.